The van der Waals surface area contributed by atoms with Crippen LogP contribution in [-0.4, -0.2) is 26.2 Å². The van der Waals surface area contributed by atoms with Crippen molar-refractivity contribution < 1.29 is 14.3 Å². The summed E-state index contributed by atoms with van der Waals surface area (Å²) in [6.07, 6.45) is 0. The van der Waals surface area contributed by atoms with E-state index in [1.165, 1.54) is 12.7 Å². The molecule has 0 radical (unpaired) electrons. The Bertz CT molecular complexity index is 416. The first-order chi connectivity index (χ1) is 9.02. The summed E-state index contributed by atoms with van der Waals surface area (Å²) in [5.74, 6) is 0.957. The third kappa shape index (κ3) is 5.75. The molecule has 0 heterocycles. The maximum absolute atomic E-state index is 11.1. The lowest BCUT2D eigenvalue weighted by atomic mass is 10.1. The van der Waals surface area contributed by atoms with Crippen LogP contribution in [0.1, 0.15) is 25.0 Å². The minimum absolute atomic E-state index is 0.0588. The molecule has 1 aromatic rings. The van der Waals surface area contributed by atoms with Crippen molar-refractivity contribution in [1.82, 2.24) is 5.32 Å². The molecule has 4 heteroatoms. The SMILES string of the molecule is COC(=O)COc1ccc(C)cc1CNCC(C)C. The molecule has 1 N–H and O–H groups in total. The van der Waals surface area contributed by atoms with Crippen molar-refractivity contribution in [1.29, 1.82) is 0 Å². The topological polar surface area (TPSA) is 47.6 Å². The Morgan fingerprint density at radius 3 is 2.74 bits per heavy atom. The zero-order valence-electron chi connectivity index (χ0n) is 12.2. The fourth-order valence-electron chi connectivity index (χ4n) is 1.68. The molecule has 0 saturated carbocycles. The maximum atomic E-state index is 11.1. The molecule has 106 valence electrons. The van der Waals surface area contributed by atoms with Gasteiger partial charge in [-0.2, -0.15) is 0 Å². The summed E-state index contributed by atoms with van der Waals surface area (Å²) in [6, 6.07) is 5.93. The van der Waals surface area contributed by atoms with E-state index in [4.69, 9.17) is 4.74 Å². The van der Waals surface area contributed by atoms with Crippen LogP contribution >= 0.6 is 0 Å². The van der Waals surface area contributed by atoms with Crippen molar-refractivity contribution in [2.75, 3.05) is 20.3 Å². The Balaban J connectivity index is 2.65. The highest BCUT2D eigenvalue weighted by Gasteiger charge is 2.07. The summed E-state index contributed by atoms with van der Waals surface area (Å²) in [4.78, 5) is 11.1. The third-order valence-corrected chi connectivity index (χ3v) is 2.66. The molecular weight excluding hydrogens is 242 g/mol. The minimum Gasteiger partial charge on any atom is -0.482 e. The predicted octanol–water partition coefficient (Wildman–Crippen LogP) is 2.29. The van der Waals surface area contributed by atoms with Crippen LogP contribution in [0, 0.1) is 12.8 Å². The predicted molar refractivity (Wildman–Crippen MR) is 75.2 cm³/mol. The Morgan fingerprint density at radius 2 is 2.11 bits per heavy atom. The quantitative estimate of drug-likeness (QED) is 0.768. The molecule has 0 spiro atoms. The zero-order chi connectivity index (χ0) is 14.3. The number of benzene rings is 1. The van der Waals surface area contributed by atoms with E-state index < -0.39 is 0 Å². The number of ether oxygens (including phenoxy) is 2. The van der Waals surface area contributed by atoms with E-state index in [-0.39, 0.29) is 12.6 Å². The monoisotopic (exact) mass is 265 g/mol. The Hall–Kier alpha value is -1.55. The van der Waals surface area contributed by atoms with Crippen LogP contribution in [-0.2, 0) is 16.1 Å². The number of nitrogens with one attached hydrogen (secondary N) is 1. The van der Waals surface area contributed by atoms with Crippen molar-refractivity contribution in [3.05, 3.63) is 29.3 Å². The van der Waals surface area contributed by atoms with E-state index in [1.54, 1.807) is 0 Å². The molecule has 1 aromatic carbocycles. The van der Waals surface area contributed by atoms with Crippen LogP contribution in [0.4, 0.5) is 0 Å². The van der Waals surface area contributed by atoms with Crippen LogP contribution < -0.4 is 10.1 Å². The molecule has 0 atom stereocenters. The lowest BCUT2D eigenvalue weighted by Crippen LogP contribution is -2.20. The van der Waals surface area contributed by atoms with Crippen molar-refractivity contribution in [2.24, 2.45) is 5.92 Å². The van der Waals surface area contributed by atoms with Gasteiger partial charge in [0.15, 0.2) is 6.61 Å². The summed E-state index contributed by atoms with van der Waals surface area (Å²) in [6.45, 7) is 7.99. The molecule has 0 aromatic heterocycles. The van der Waals surface area contributed by atoms with Crippen molar-refractivity contribution >= 4 is 5.97 Å². The van der Waals surface area contributed by atoms with Gasteiger partial charge in [-0.25, -0.2) is 4.79 Å². The van der Waals surface area contributed by atoms with Crippen LogP contribution in [0.3, 0.4) is 0 Å². The molecule has 4 nitrogen and oxygen atoms in total. The van der Waals surface area contributed by atoms with Gasteiger partial charge < -0.3 is 14.8 Å². The Kier molecular flexibility index (Phi) is 6.36. The van der Waals surface area contributed by atoms with E-state index in [0.29, 0.717) is 5.92 Å². The molecule has 0 aliphatic rings. The average Bonchev–Trinajstić information content (AvgIpc) is 2.37. The summed E-state index contributed by atoms with van der Waals surface area (Å²) in [7, 11) is 1.35. The largest absolute Gasteiger partial charge is 0.482 e. The first-order valence-electron chi connectivity index (χ1n) is 6.52. The van der Waals surface area contributed by atoms with E-state index >= 15 is 0 Å². The maximum Gasteiger partial charge on any atom is 0.343 e. The molecule has 19 heavy (non-hydrogen) atoms. The standard InChI is InChI=1S/C15H23NO3/c1-11(2)8-16-9-13-7-12(3)5-6-14(13)19-10-15(17)18-4/h5-7,11,16H,8-10H2,1-4H3. The number of aryl methyl sites for hydroxylation is 1. The number of rotatable bonds is 7. The summed E-state index contributed by atoms with van der Waals surface area (Å²) < 4.78 is 10.1. The van der Waals surface area contributed by atoms with Gasteiger partial charge in [0.05, 0.1) is 7.11 Å². The lowest BCUT2D eigenvalue weighted by Gasteiger charge is -2.13. The molecule has 0 amide bonds. The number of hydrogen-bond acceptors (Lipinski definition) is 4. The van der Waals surface area contributed by atoms with Gasteiger partial charge in [-0.15, -0.1) is 0 Å². The van der Waals surface area contributed by atoms with Crippen molar-refractivity contribution in [3.63, 3.8) is 0 Å². The van der Waals surface area contributed by atoms with Gasteiger partial charge in [0, 0.05) is 12.1 Å². The smallest absolute Gasteiger partial charge is 0.343 e. The highest BCUT2D eigenvalue weighted by atomic mass is 16.6. The molecular formula is C15H23NO3. The zero-order valence-corrected chi connectivity index (χ0v) is 12.2. The number of esters is 1. The molecule has 0 fully saturated rings. The van der Waals surface area contributed by atoms with Gasteiger partial charge in [-0.3, -0.25) is 0 Å². The van der Waals surface area contributed by atoms with Crippen LogP contribution in [0.15, 0.2) is 18.2 Å². The van der Waals surface area contributed by atoms with Gasteiger partial charge in [-0.05, 0) is 25.5 Å². The third-order valence-electron chi connectivity index (χ3n) is 2.66. The second kappa shape index (κ2) is 7.79. The summed E-state index contributed by atoms with van der Waals surface area (Å²) >= 11 is 0. The number of hydrogen-bond donors (Lipinski definition) is 1. The minimum atomic E-state index is -0.373. The van der Waals surface area contributed by atoms with E-state index in [9.17, 15) is 4.79 Å². The summed E-state index contributed by atoms with van der Waals surface area (Å²) in [5, 5.41) is 3.37. The molecule has 0 aliphatic carbocycles. The van der Waals surface area contributed by atoms with Gasteiger partial charge in [0.25, 0.3) is 0 Å². The Morgan fingerprint density at radius 1 is 1.37 bits per heavy atom. The second-order valence-electron chi connectivity index (χ2n) is 5.00. The fourth-order valence-corrected chi connectivity index (χ4v) is 1.68. The molecule has 0 unspecified atom stereocenters. The first-order valence-corrected chi connectivity index (χ1v) is 6.52. The second-order valence-corrected chi connectivity index (χ2v) is 5.00. The molecule has 0 bridgehead atoms. The van der Waals surface area contributed by atoms with E-state index in [0.717, 1.165) is 24.4 Å². The van der Waals surface area contributed by atoms with Gasteiger partial charge in [-0.1, -0.05) is 31.5 Å². The number of carbonyl (C=O) groups is 1. The fraction of sp³-hybridized carbons (Fsp3) is 0.533. The van der Waals surface area contributed by atoms with Crippen LogP contribution in [0.2, 0.25) is 0 Å². The number of carbonyl (C=O) groups excluding carboxylic acids is 1. The van der Waals surface area contributed by atoms with Crippen LogP contribution in [0.5, 0.6) is 5.75 Å². The van der Waals surface area contributed by atoms with Crippen molar-refractivity contribution in [3.8, 4) is 5.75 Å². The molecule has 0 saturated heterocycles. The highest BCUT2D eigenvalue weighted by molar-refractivity contribution is 5.70. The van der Waals surface area contributed by atoms with Crippen LogP contribution in [0.25, 0.3) is 0 Å². The van der Waals surface area contributed by atoms with E-state index in [1.807, 2.05) is 19.1 Å². The van der Waals surface area contributed by atoms with E-state index in [2.05, 4.69) is 30.0 Å². The van der Waals surface area contributed by atoms with Gasteiger partial charge in [0.2, 0.25) is 0 Å². The first kappa shape index (κ1) is 15.5. The average molecular weight is 265 g/mol. The highest BCUT2D eigenvalue weighted by Crippen LogP contribution is 2.20. The lowest BCUT2D eigenvalue weighted by molar-refractivity contribution is -0.142. The van der Waals surface area contributed by atoms with Gasteiger partial charge in [0.1, 0.15) is 5.75 Å². The molecule has 0 aliphatic heterocycles. The van der Waals surface area contributed by atoms with Gasteiger partial charge >= 0.3 is 5.97 Å². The summed E-state index contributed by atoms with van der Waals surface area (Å²) in [5.41, 5.74) is 2.23. The number of methoxy groups -OCH3 is 1. The normalized spacial score (nSPS) is 10.6. The van der Waals surface area contributed by atoms with Crippen molar-refractivity contribution in [2.45, 2.75) is 27.3 Å². The molecule has 1 rings (SSSR count). The Labute approximate surface area is 115 Å².